The second-order valence-electron chi connectivity index (χ2n) is 4.74. The largest absolute Gasteiger partial charge is 0.326 e. The number of carbonyl (C=O) groups is 1. The minimum absolute atomic E-state index is 0.132. The maximum absolute atomic E-state index is 12.1. The van der Waals surface area contributed by atoms with E-state index in [0.717, 1.165) is 16.8 Å². The van der Waals surface area contributed by atoms with Gasteiger partial charge >= 0.3 is 0 Å². The molecule has 2 rings (SSSR count). The van der Waals surface area contributed by atoms with Gasteiger partial charge in [0.2, 0.25) is 5.91 Å². The monoisotopic (exact) mass is 307 g/mol. The smallest absolute Gasteiger partial charge is 0.228 e. The quantitative estimate of drug-likeness (QED) is 0.867. The average molecular weight is 308 g/mol. The van der Waals surface area contributed by atoms with E-state index in [1.54, 1.807) is 18.2 Å². The number of benzene rings is 2. The predicted molar refractivity (Wildman–Crippen MR) is 84.7 cm³/mol. The molecule has 0 aromatic heterocycles. The molecular formula is C16H15Cl2NO. The zero-order chi connectivity index (χ0) is 14.7. The fraction of sp³-hybridized carbons (Fsp3) is 0.188. The van der Waals surface area contributed by atoms with Crippen molar-refractivity contribution in [3.05, 3.63) is 63.1 Å². The SMILES string of the molecule is Cc1ccc(NC(=O)Cc2c(Cl)cccc2Cl)c(C)c1. The summed E-state index contributed by atoms with van der Waals surface area (Å²) in [6, 6.07) is 11.1. The van der Waals surface area contributed by atoms with Crippen LogP contribution in [0.5, 0.6) is 0 Å². The van der Waals surface area contributed by atoms with E-state index in [4.69, 9.17) is 23.2 Å². The van der Waals surface area contributed by atoms with Gasteiger partial charge in [-0.3, -0.25) is 4.79 Å². The summed E-state index contributed by atoms with van der Waals surface area (Å²) in [5.74, 6) is -0.132. The van der Waals surface area contributed by atoms with Crippen molar-refractivity contribution in [2.24, 2.45) is 0 Å². The molecule has 20 heavy (non-hydrogen) atoms. The number of carbonyl (C=O) groups excluding carboxylic acids is 1. The van der Waals surface area contributed by atoms with Gasteiger partial charge in [-0.2, -0.15) is 0 Å². The molecular weight excluding hydrogens is 293 g/mol. The van der Waals surface area contributed by atoms with Crippen LogP contribution in [0, 0.1) is 13.8 Å². The normalized spacial score (nSPS) is 10.4. The average Bonchev–Trinajstić information content (AvgIpc) is 2.37. The molecule has 1 N–H and O–H groups in total. The van der Waals surface area contributed by atoms with Crippen molar-refractivity contribution in [2.45, 2.75) is 20.3 Å². The van der Waals surface area contributed by atoms with Crippen molar-refractivity contribution < 1.29 is 4.79 Å². The summed E-state index contributed by atoms with van der Waals surface area (Å²) in [4.78, 5) is 12.1. The molecule has 4 heteroatoms. The molecule has 0 saturated carbocycles. The summed E-state index contributed by atoms with van der Waals surface area (Å²) in [6.45, 7) is 3.98. The van der Waals surface area contributed by atoms with Crippen LogP contribution in [-0.2, 0) is 11.2 Å². The topological polar surface area (TPSA) is 29.1 Å². The highest BCUT2D eigenvalue weighted by Gasteiger charge is 2.11. The second kappa shape index (κ2) is 6.29. The van der Waals surface area contributed by atoms with E-state index in [9.17, 15) is 4.79 Å². The van der Waals surface area contributed by atoms with Crippen molar-refractivity contribution in [3.8, 4) is 0 Å². The van der Waals surface area contributed by atoms with Crippen LogP contribution in [0.3, 0.4) is 0 Å². The van der Waals surface area contributed by atoms with E-state index >= 15 is 0 Å². The molecule has 0 spiro atoms. The third-order valence-corrected chi connectivity index (χ3v) is 3.76. The molecule has 2 aromatic rings. The minimum atomic E-state index is -0.132. The van der Waals surface area contributed by atoms with Crippen molar-refractivity contribution >= 4 is 34.8 Å². The summed E-state index contributed by atoms with van der Waals surface area (Å²) in [7, 11) is 0. The third-order valence-electron chi connectivity index (χ3n) is 3.06. The molecule has 0 aliphatic carbocycles. The molecule has 0 aliphatic heterocycles. The molecule has 0 unspecified atom stereocenters. The predicted octanol–water partition coefficient (Wildman–Crippen LogP) is 4.79. The van der Waals surface area contributed by atoms with Gasteiger partial charge in [-0.1, -0.05) is 47.0 Å². The van der Waals surface area contributed by atoms with Crippen LogP contribution in [0.2, 0.25) is 10.0 Å². The zero-order valence-electron chi connectivity index (χ0n) is 11.3. The summed E-state index contributed by atoms with van der Waals surface area (Å²) in [5.41, 5.74) is 3.65. The first-order chi connectivity index (χ1) is 9.47. The first kappa shape index (κ1) is 14.9. The Kier molecular flexibility index (Phi) is 4.69. The third kappa shape index (κ3) is 3.53. The molecule has 0 atom stereocenters. The van der Waals surface area contributed by atoms with Gasteiger partial charge in [0, 0.05) is 15.7 Å². The van der Waals surface area contributed by atoms with Crippen LogP contribution < -0.4 is 5.32 Å². The van der Waals surface area contributed by atoms with Gasteiger partial charge in [-0.15, -0.1) is 0 Å². The minimum Gasteiger partial charge on any atom is -0.326 e. The lowest BCUT2D eigenvalue weighted by molar-refractivity contribution is -0.115. The van der Waals surface area contributed by atoms with Gasteiger partial charge in [0.15, 0.2) is 0 Å². The standard InChI is InChI=1S/C16H15Cl2NO/c1-10-6-7-15(11(2)8-10)19-16(20)9-12-13(17)4-3-5-14(12)18/h3-8H,9H2,1-2H3,(H,19,20). The Morgan fingerprint density at radius 2 is 1.75 bits per heavy atom. The van der Waals surface area contributed by atoms with E-state index in [1.165, 1.54) is 0 Å². The summed E-state index contributed by atoms with van der Waals surface area (Å²) < 4.78 is 0. The van der Waals surface area contributed by atoms with Crippen LogP contribution in [0.4, 0.5) is 5.69 Å². The number of rotatable bonds is 3. The van der Waals surface area contributed by atoms with Gasteiger partial charge < -0.3 is 5.32 Å². The maximum atomic E-state index is 12.1. The molecule has 2 aromatic carbocycles. The van der Waals surface area contributed by atoms with Crippen LogP contribution in [0.15, 0.2) is 36.4 Å². The molecule has 0 fully saturated rings. The van der Waals surface area contributed by atoms with Crippen molar-refractivity contribution in [3.63, 3.8) is 0 Å². The Morgan fingerprint density at radius 1 is 1.10 bits per heavy atom. The van der Waals surface area contributed by atoms with E-state index in [2.05, 4.69) is 5.32 Å². The first-order valence-electron chi connectivity index (χ1n) is 6.27. The Morgan fingerprint density at radius 3 is 2.35 bits per heavy atom. The van der Waals surface area contributed by atoms with E-state index < -0.39 is 0 Å². The first-order valence-corrected chi connectivity index (χ1v) is 7.03. The lowest BCUT2D eigenvalue weighted by Gasteiger charge is -2.10. The molecule has 2 nitrogen and oxygen atoms in total. The van der Waals surface area contributed by atoms with Gasteiger partial charge in [0.05, 0.1) is 6.42 Å². The molecule has 0 saturated heterocycles. The van der Waals surface area contributed by atoms with Crippen LogP contribution in [0.1, 0.15) is 16.7 Å². The Hall–Kier alpha value is -1.51. The highest BCUT2D eigenvalue weighted by Crippen LogP contribution is 2.25. The molecule has 104 valence electrons. The van der Waals surface area contributed by atoms with Gasteiger partial charge in [-0.05, 0) is 43.2 Å². The number of hydrogen-bond donors (Lipinski definition) is 1. The summed E-state index contributed by atoms with van der Waals surface area (Å²) in [6.07, 6.45) is 0.159. The van der Waals surface area contributed by atoms with Crippen LogP contribution >= 0.6 is 23.2 Å². The zero-order valence-corrected chi connectivity index (χ0v) is 12.8. The number of hydrogen-bond acceptors (Lipinski definition) is 1. The highest BCUT2D eigenvalue weighted by molar-refractivity contribution is 6.36. The van der Waals surface area contributed by atoms with E-state index in [1.807, 2.05) is 32.0 Å². The molecule has 0 bridgehead atoms. The number of aryl methyl sites for hydroxylation is 2. The molecule has 0 aliphatic rings. The van der Waals surface area contributed by atoms with Crippen LogP contribution in [-0.4, -0.2) is 5.91 Å². The lowest BCUT2D eigenvalue weighted by atomic mass is 10.1. The fourth-order valence-corrected chi connectivity index (χ4v) is 2.54. The number of anilines is 1. The molecule has 0 radical (unpaired) electrons. The van der Waals surface area contributed by atoms with Gasteiger partial charge in [-0.25, -0.2) is 0 Å². The Bertz CT molecular complexity index is 633. The van der Waals surface area contributed by atoms with Crippen molar-refractivity contribution in [1.29, 1.82) is 0 Å². The summed E-state index contributed by atoms with van der Waals surface area (Å²) in [5, 5.41) is 3.90. The molecule has 1 amide bonds. The molecule has 0 heterocycles. The summed E-state index contributed by atoms with van der Waals surface area (Å²) >= 11 is 12.1. The van der Waals surface area contributed by atoms with Gasteiger partial charge in [0.25, 0.3) is 0 Å². The van der Waals surface area contributed by atoms with Crippen molar-refractivity contribution in [1.82, 2.24) is 0 Å². The number of amides is 1. The van der Waals surface area contributed by atoms with Crippen molar-refractivity contribution in [2.75, 3.05) is 5.32 Å². The fourth-order valence-electron chi connectivity index (χ4n) is 2.01. The van der Waals surface area contributed by atoms with E-state index in [-0.39, 0.29) is 12.3 Å². The number of halogens is 2. The second-order valence-corrected chi connectivity index (χ2v) is 5.56. The Balaban J connectivity index is 2.13. The Labute approximate surface area is 128 Å². The van der Waals surface area contributed by atoms with Crippen LogP contribution in [0.25, 0.3) is 0 Å². The lowest BCUT2D eigenvalue weighted by Crippen LogP contribution is -2.15. The van der Waals surface area contributed by atoms with Gasteiger partial charge in [0.1, 0.15) is 0 Å². The highest BCUT2D eigenvalue weighted by atomic mass is 35.5. The number of nitrogens with one attached hydrogen (secondary N) is 1. The maximum Gasteiger partial charge on any atom is 0.228 e. The van der Waals surface area contributed by atoms with E-state index in [0.29, 0.717) is 15.6 Å².